The van der Waals surface area contributed by atoms with Gasteiger partial charge in [-0.25, -0.2) is 4.79 Å². The summed E-state index contributed by atoms with van der Waals surface area (Å²) in [6, 6.07) is 3.74. The number of urea groups is 1. The molecule has 0 radical (unpaired) electrons. The Morgan fingerprint density at radius 3 is 2.38 bits per heavy atom. The van der Waals surface area contributed by atoms with Gasteiger partial charge in [0, 0.05) is 58.8 Å². The molecule has 29 heavy (non-hydrogen) atoms. The second-order valence-corrected chi connectivity index (χ2v) is 9.75. The number of thiophene rings is 1. The maximum Gasteiger partial charge on any atom is 0.319 e. The van der Waals surface area contributed by atoms with E-state index in [9.17, 15) is 14.4 Å². The Kier molecular flexibility index (Phi) is 5.09. The molecule has 0 aliphatic carbocycles. The van der Waals surface area contributed by atoms with Gasteiger partial charge in [-0.2, -0.15) is 0 Å². The number of hydrogen-bond donors (Lipinski definition) is 0. The molecular formula is C21H30N4O3S. The summed E-state index contributed by atoms with van der Waals surface area (Å²) in [5.41, 5.74) is -0.751. The maximum absolute atomic E-state index is 13.5. The number of rotatable bonds is 2. The van der Waals surface area contributed by atoms with Crippen LogP contribution < -0.4 is 0 Å². The molecule has 3 aliphatic heterocycles. The molecule has 1 aromatic heterocycles. The van der Waals surface area contributed by atoms with Gasteiger partial charge < -0.3 is 19.6 Å². The molecule has 4 amide bonds. The number of carbonyl (C=O) groups excluding carboxylic acids is 3. The molecular weight excluding hydrogens is 388 g/mol. The van der Waals surface area contributed by atoms with Crippen molar-refractivity contribution in [3.63, 3.8) is 0 Å². The molecule has 3 fully saturated rings. The van der Waals surface area contributed by atoms with Crippen molar-refractivity contribution in [1.29, 1.82) is 0 Å². The van der Waals surface area contributed by atoms with E-state index < -0.39 is 5.41 Å². The van der Waals surface area contributed by atoms with E-state index in [0.717, 1.165) is 30.7 Å². The van der Waals surface area contributed by atoms with Crippen LogP contribution in [0.1, 0.15) is 35.9 Å². The first kappa shape index (κ1) is 20.2. The summed E-state index contributed by atoms with van der Waals surface area (Å²) < 4.78 is 0. The predicted molar refractivity (Wildman–Crippen MR) is 112 cm³/mol. The number of hydrogen-bond acceptors (Lipinski definition) is 4. The molecule has 0 aromatic carbocycles. The standard InChI is InChI=1S/C21H30N4O3S/c1-4-23-12-9-21(18(23)27)15-25(19(28)22(2)3)14-20(21)7-10-24(11-8-20)17(26)16-6-5-13-29-16/h5-6,13H,4,7-12,14-15H2,1-3H3/t21-/m0/s1. The Bertz CT molecular complexity index is 801. The lowest BCUT2D eigenvalue weighted by Crippen LogP contribution is -2.53. The molecule has 1 aromatic rings. The first-order valence-electron chi connectivity index (χ1n) is 10.4. The van der Waals surface area contributed by atoms with Gasteiger partial charge in [-0.15, -0.1) is 11.3 Å². The summed E-state index contributed by atoms with van der Waals surface area (Å²) in [5.74, 6) is 0.281. The number of nitrogens with zero attached hydrogens (tertiary/aromatic N) is 4. The van der Waals surface area contributed by atoms with Crippen molar-refractivity contribution in [2.75, 3.05) is 53.4 Å². The number of likely N-dealkylation sites (tertiary alicyclic amines) is 3. The van der Waals surface area contributed by atoms with E-state index in [0.29, 0.717) is 32.7 Å². The van der Waals surface area contributed by atoms with Crippen LogP contribution in [0.5, 0.6) is 0 Å². The molecule has 3 saturated heterocycles. The third-order valence-corrected chi connectivity index (χ3v) is 8.11. The fraction of sp³-hybridized carbons (Fsp3) is 0.667. The molecule has 3 aliphatic rings. The molecule has 4 heterocycles. The Balaban J connectivity index is 1.59. The molecule has 0 saturated carbocycles. The van der Waals surface area contributed by atoms with Gasteiger partial charge in [-0.05, 0) is 37.6 Å². The number of piperidine rings is 1. The zero-order chi connectivity index (χ0) is 20.8. The van der Waals surface area contributed by atoms with Crippen molar-refractivity contribution in [2.45, 2.75) is 26.2 Å². The fourth-order valence-electron chi connectivity index (χ4n) is 5.59. The molecule has 0 unspecified atom stereocenters. The van der Waals surface area contributed by atoms with E-state index in [4.69, 9.17) is 0 Å². The van der Waals surface area contributed by atoms with Gasteiger partial charge in [0.15, 0.2) is 0 Å². The predicted octanol–water partition coefficient (Wildman–Crippen LogP) is 2.21. The Morgan fingerprint density at radius 2 is 1.83 bits per heavy atom. The Morgan fingerprint density at radius 1 is 1.10 bits per heavy atom. The molecule has 2 spiro atoms. The first-order chi connectivity index (χ1) is 13.8. The highest BCUT2D eigenvalue weighted by Crippen LogP contribution is 2.58. The van der Waals surface area contributed by atoms with Crippen LogP contribution >= 0.6 is 11.3 Å². The smallest absolute Gasteiger partial charge is 0.319 e. The van der Waals surface area contributed by atoms with Crippen molar-refractivity contribution in [1.82, 2.24) is 19.6 Å². The normalized spacial score (nSPS) is 26.0. The average molecular weight is 419 g/mol. The minimum atomic E-state index is -0.507. The summed E-state index contributed by atoms with van der Waals surface area (Å²) in [4.78, 5) is 47.1. The van der Waals surface area contributed by atoms with Crippen LogP contribution in [0.2, 0.25) is 0 Å². The zero-order valence-corrected chi connectivity index (χ0v) is 18.3. The van der Waals surface area contributed by atoms with Crippen LogP contribution in [0.15, 0.2) is 17.5 Å². The van der Waals surface area contributed by atoms with Crippen LogP contribution in [0.4, 0.5) is 4.79 Å². The molecule has 0 N–H and O–H groups in total. The highest BCUT2D eigenvalue weighted by atomic mass is 32.1. The number of carbonyl (C=O) groups is 3. The maximum atomic E-state index is 13.5. The van der Waals surface area contributed by atoms with Crippen molar-refractivity contribution in [2.24, 2.45) is 10.8 Å². The second kappa shape index (κ2) is 7.31. The fourth-order valence-corrected chi connectivity index (χ4v) is 6.28. The van der Waals surface area contributed by atoms with Crippen molar-refractivity contribution < 1.29 is 14.4 Å². The molecule has 0 bridgehead atoms. The minimum Gasteiger partial charge on any atom is -0.342 e. The van der Waals surface area contributed by atoms with E-state index in [1.807, 2.05) is 39.1 Å². The second-order valence-electron chi connectivity index (χ2n) is 8.80. The van der Waals surface area contributed by atoms with Gasteiger partial charge >= 0.3 is 6.03 Å². The lowest BCUT2D eigenvalue weighted by Gasteiger charge is -2.46. The molecule has 158 valence electrons. The third kappa shape index (κ3) is 3.03. The Labute approximate surface area is 176 Å². The zero-order valence-electron chi connectivity index (χ0n) is 17.5. The Hall–Kier alpha value is -2.09. The quantitative estimate of drug-likeness (QED) is 0.740. The summed E-state index contributed by atoms with van der Waals surface area (Å²) in [6.45, 7) is 5.88. The minimum absolute atomic E-state index is 0.0268. The topological polar surface area (TPSA) is 64.2 Å². The van der Waals surface area contributed by atoms with Gasteiger partial charge in [0.05, 0.1) is 10.3 Å². The number of amides is 4. The van der Waals surface area contributed by atoms with Gasteiger partial charge in [-0.3, -0.25) is 9.59 Å². The highest BCUT2D eigenvalue weighted by Gasteiger charge is 2.66. The SMILES string of the molecule is CCN1CC[C@]2(CN(C(=O)N(C)C)CC23CCN(C(=O)c2cccs2)CC3)C1=O. The summed E-state index contributed by atoms with van der Waals surface area (Å²) in [7, 11) is 3.52. The molecule has 1 atom stereocenters. The summed E-state index contributed by atoms with van der Waals surface area (Å²) >= 11 is 1.47. The summed E-state index contributed by atoms with van der Waals surface area (Å²) in [6.07, 6.45) is 2.34. The van der Waals surface area contributed by atoms with Crippen LogP contribution in [-0.4, -0.2) is 90.8 Å². The van der Waals surface area contributed by atoms with E-state index in [-0.39, 0.29) is 23.3 Å². The number of fused-ring (bicyclic) bond motifs is 1. The monoisotopic (exact) mass is 418 g/mol. The van der Waals surface area contributed by atoms with Crippen LogP contribution in [-0.2, 0) is 4.79 Å². The van der Waals surface area contributed by atoms with Crippen molar-refractivity contribution >= 4 is 29.2 Å². The largest absolute Gasteiger partial charge is 0.342 e. The van der Waals surface area contributed by atoms with Gasteiger partial charge in [0.25, 0.3) is 5.91 Å². The van der Waals surface area contributed by atoms with Gasteiger partial charge in [0.1, 0.15) is 0 Å². The molecule has 8 heteroatoms. The van der Waals surface area contributed by atoms with Gasteiger partial charge in [-0.1, -0.05) is 6.07 Å². The molecule has 4 rings (SSSR count). The van der Waals surface area contributed by atoms with Crippen molar-refractivity contribution in [3.05, 3.63) is 22.4 Å². The van der Waals surface area contributed by atoms with Crippen LogP contribution in [0.25, 0.3) is 0 Å². The van der Waals surface area contributed by atoms with E-state index in [2.05, 4.69) is 0 Å². The van der Waals surface area contributed by atoms with E-state index in [1.54, 1.807) is 19.0 Å². The van der Waals surface area contributed by atoms with Crippen LogP contribution in [0, 0.1) is 10.8 Å². The highest BCUT2D eigenvalue weighted by molar-refractivity contribution is 7.12. The van der Waals surface area contributed by atoms with Gasteiger partial charge in [0.2, 0.25) is 5.91 Å². The van der Waals surface area contributed by atoms with Crippen molar-refractivity contribution in [3.8, 4) is 0 Å². The lowest BCUT2D eigenvalue weighted by atomic mass is 9.60. The summed E-state index contributed by atoms with van der Waals surface area (Å²) in [5, 5.41) is 1.92. The third-order valence-electron chi connectivity index (χ3n) is 7.25. The molecule has 7 nitrogen and oxygen atoms in total. The lowest BCUT2D eigenvalue weighted by molar-refractivity contribution is -0.141. The average Bonchev–Trinajstić information content (AvgIpc) is 3.42. The van der Waals surface area contributed by atoms with Crippen LogP contribution in [0.3, 0.4) is 0 Å². The first-order valence-corrected chi connectivity index (χ1v) is 11.3. The van der Waals surface area contributed by atoms with E-state index >= 15 is 0 Å². The van der Waals surface area contributed by atoms with E-state index in [1.165, 1.54) is 11.3 Å².